The van der Waals surface area contributed by atoms with Gasteiger partial charge in [0.2, 0.25) is 5.91 Å². The zero-order valence-corrected chi connectivity index (χ0v) is 16.7. The van der Waals surface area contributed by atoms with Gasteiger partial charge in [-0.05, 0) is 50.1 Å². The maximum absolute atomic E-state index is 12.2. The van der Waals surface area contributed by atoms with Crippen molar-refractivity contribution in [2.24, 2.45) is 0 Å². The van der Waals surface area contributed by atoms with E-state index in [0.29, 0.717) is 17.8 Å². The molecule has 2 amide bonds. The highest BCUT2D eigenvalue weighted by molar-refractivity contribution is 5.98. The van der Waals surface area contributed by atoms with Crippen LogP contribution in [0.4, 0.5) is 11.4 Å². The molecule has 0 spiro atoms. The Morgan fingerprint density at radius 3 is 2.54 bits per heavy atom. The van der Waals surface area contributed by atoms with Gasteiger partial charge in [0.1, 0.15) is 5.75 Å². The number of anilines is 2. The highest BCUT2D eigenvalue weighted by Gasteiger charge is 2.08. The van der Waals surface area contributed by atoms with Crippen molar-refractivity contribution in [3.05, 3.63) is 54.1 Å². The first kappa shape index (κ1) is 21.3. The fourth-order valence-electron chi connectivity index (χ4n) is 2.46. The number of carbonyl (C=O) groups excluding carboxylic acids is 2. The number of benzene rings is 2. The zero-order valence-electron chi connectivity index (χ0n) is 16.7. The van der Waals surface area contributed by atoms with Crippen molar-refractivity contribution >= 4 is 23.2 Å². The Kier molecular flexibility index (Phi) is 8.34. The van der Waals surface area contributed by atoms with Crippen molar-refractivity contribution in [3.8, 4) is 5.75 Å². The molecule has 2 aromatic rings. The molecular formula is C22H29N3O3. The molecular weight excluding hydrogens is 354 g/mol. The average Bonchev–Trinajstić information content (AvgIpc) is 2.71. The van der Waals surface area contributed by atoms with E-state index in [9.17, 15) is 9.59 Å². The van der Waals surface area contributed by atoms with Crippen molar-refractivity contribution in [1.82, 2.24) is 5.32 Å². The minimum absolute atomic E-state index is 0.110. The molecule has 0 saturated heterocycles. The van der Waals surface area contributed by atoms with Crippen LogP contribution in [0.25, 0.3) is 0 Å². The second-order valence-corrected chi connectivity index (χ2v) is 6.60. The van der Waals surface area contributed by atoms with E-state index < -0.39 is 0 Å². The summed E-state index contributed by atoms with van der Waals surface area (Å²) in [6.45, 7) is 6.82. The average molecular weight is 383 g/mol. The molecule has 6 heteroatoms. The van der Waals surface area contributed by atoms with Gasteiger partial charge in [-0.15, -0.1) is 0 Å². The highest BCUT2D eigenvalue weighted by Crippen LogP contribution is 2.19. The normalized spacial score (nSPS) is 11.4. The van der Waals surface area contributed by atoms with E-state index in [1.807, 2.05) is 38.1 Å². The Hall–Kier alpha value is -3.02. The quantitative estimate of drug-likeness (QED) is 0.578. The summed E-state index contributed by atoms with van der Waals surface area (Å²) in [7, 11) is 0. The van der Waals surface area contributed by atoms with Crippen LogP contribution in [-0.2, 0) is 4.79 Å². The molecule has 0 fully saturated rings. The standard InChI is InChI=1S/C22H29N3O3/c1-4-12-23-22(27)17-8-6-10-19(13-17)25-21(26)15-24-18-9-7-11-20(14-18)28-16(3)5-2/h6-11,13-14,16,24H,4-5,12,15H2,1-3H3,(H,23,27)(H,25,26). The topological polar surface area (TPSA) is 79.5 Å². The summed E-state index contributed by atoms with van der Waals surface area (Å²) < 4.78 is 5.79. The molecule has 6 nitrogen and oxygen atoms in total. The summed E-state index contributed by atoms with van der Waals surface area (Å²) in [5.74, 6) is 0.430. The molecule has 0 radical (unpaired) electrons. The van der Waals surface area contributed by atoms with E-state index >= 15 is 0 Å². The number of amides is 2. The van der Waals surface area contributed by atoms with E-state index in [-0.39, 0.29) is 24.5 Å². The Morgan fingerprint density at radius 2 is 1.79 bits per heavy atom. The SMILES string of the molecule is CCCNC(=O)c1cccc(NC(=O)CNc2cccc(OC(C)CC)c2)c1. The van der Waals surface area contributed by atoms with Gasteiger partial charge < -0.3 is 20.7 Å². The molecule has 3 N–H and O–H groups in total. The molecule has 0 aliphatic rings. The van der Waals surface area contributed by atoms with Gasteiger partial charge in [0, 0.05) is 29.5 Å². The Bertz CT molecular complexity index is 792. The Balaban J connectivity index is 1.89. The van der Waals surface area contributed by atoms with E-state index in [1.54, 1.807) is 24.3 Å². The van der Waals surface area contributed by atoms with Gasteiger partial charge in [0.15, 0.2) is 0 Å². The fourth-order valence-corrected chi connectivity index (χ4v) is 2.46. The van der Waals surface area contributed by atoms with Gasteiger partial charge in [-0.3, -0.25) is 9.59 Å². The number of carbonyl (C=O) groups is 2. The number of nitrogens with one attached hydrogen (secondary N) is 3. The van der Waals surface area contributed by atoms with E-state index in [4.69, 9.17) is 4.74 Å². The van der Waals surface area contributed by atoms with E-state index in [1.165, 1.54) is 0 Å². The molecule has 0 saturated carbocycles. The molecule has 28 heavy (non-hydrogen) atoms. The largest absolute Gasteiger partial charge is 0.491 e. The lowest BCUT2D eigenvalue weighted by Gasteiger charge is -2.14. The third-order valence-electron chi connectivity index (χ3n) is 4.14. The third kappa shape index (κ3) is 6.95. The molecule has 2 rings (SSSR count). The minimum Gasteiger partial charge on any atom is -0.491 e. The summed E-state index contributed by atoms with van der Waals surface area (Å²) in [5, 5.41) is 8.72. The summed E-state index contributed by atoms with van der Waals surface area (Å²) in [6, 6.07) is 14.4. The first-order valence-electron chi connectivity index (χ1n) is 9.70. The Labute approximate surface area is 166 Å². The van der Waals surface area contributed by atoms with E-state index in [2.05, 4.69) is 22.9 Å². The van der Waals surface area contributed by atoms with E-state index in [0.717, 1.165) is 24.3 Å². The number of ether oxygens (including phenoxy) is 1. The molecule has 0 aliphatic carbocycles. The van der Waals surface area contributed by atoms with Crippen molar-refractivity contribution in [2.45, 2.75) is 39.7 Å². The minimum atomic E-state index is -0.195. The van der Waals surface area contributed by atoms with Crippen LogP contribution in [-0.4, -0.2) is 31.0 Å². The number of hydrogen-bond donors (Lipinski definition) is 3. The van der Waals surface area contributed by atoms with Crippen molar-refractivity contribution in [3.63, 3.8) is 0 Å². The molecule has 0 aliphatic heterocycles. The van der Waals surface area contributed by atoms with Gasteiger partial charge in [-0.1, -0.05) is 26.0 Å². The molecule has 1 unspecified atom stereocenters. The smallest absolute Gasteiger partial charge is 0.251 e. The molecule has 0 bridgehead atoms. The van der Waals surface area contributed by atoms with Crippen LogP contribution in [0.1, 0.15) is 44.0 Å². The van der Waals surface area contributed by atoms with Crippen LogP contribution in [0, 0.1) is 0 Å². The summed E-state index contributed by atoms with van der Waals surface area (Å²) >= 11 is 0. The summed E-state index contributed by atoms with van der Waals surface area (Å²) in [6.07, 6.45) is 1.94. The van der Waals surface area contributed by atoms with Crippen molar-refractivity contribution < 1.29 is 14.3 Å². The van der Waals surface area contributed by atoms with Crippen molar-refractivity contribution in [2.75, 3.05) is 23.7 Å². The zero-order chi connectivity index (χ0) is 20.4. The first-order chi connectivity index (χ1) is 13.5. The first-order valence-corrected chi connectivity index (χ1v) is 9.70. The lowest BCUT2D eigenvalue weighted by molar-refractivity contribution is -0.114. The lowest BCUT2D eigenvalue weighted by atomic mass is 10.2. The lowest BCUT2D eigenvalue weighted by Crippen LogP contribution is -2.24. The van der Waals surface area contributed by atoms with Crippen LogP contribution in [0.5, 0.6) is 5.75 Å². The fraction of sp³-hybridized carbons (Fsp3) is 0.364. The number of rotatable bonds is 10. The molecule has 1 atom stereocenters. The van der Waals surface area contributed by atoms with Gasteiger partial charge in [0.25, 0.3) is 5.91 Å². The molecule has 0 aromatic heterocycles. The van der Waals surface area contributed by atoms with Crippen molar-refractivity contribution in [1.29, 1.82) is 0 Å². The molecule has 0 heterocycles. The highest BCUT2D eigenvalue weighted by atomic mass is 16.5. The van der Waals surface area contributed by atoms with Crippen LogP contribution >= 0.6 is 0 Å². The van der Waals surface area contributed by atoms with Crippen LogP contribution < -0.4 is 20.7 Å². The maximum atomic E-state index is 12.2. The molecule has 2 aromatic carbocycles. The second-order valence-electron chi connectivity index (χ2n) is 6.60. The van der Waals surface area contributed by atoms with Gasteiger partial charge in [-0.2, -0.15) is 0 Å². The second kappa shape index (κ2) is 11.0. The number of hydrogen-bond acceptors (Lipinski definition) is 4. The van der Waals surface area contributed by atoms with Crippen LogP contribution in [0.3, 0.4) is 0 Å². The summed E-state index contributed by atoms with van der Waals surface area (Å²) in [4.78, 5) is 24.3. The monoisotopic (exact) mass is 383 g/mol. The van der Waals surface area contributed by atoms with Gasteiger partial charge in [0.05, 0.1) is 12.6 Å². The van der Waals surface area contributed by atoms with Gasteiger partial charge >= 0.3 is 0 Å². The predicted molar refractivity (Wildman–Crippen MR) is 113 cm³/mol. The molecule has 150 valence electrons. The predicted octanol–water partition coefficient (Wildman–Crippen LogP) is 4.05. The van der Waals surface area contributed by atoms with Crippen LogP contribution in [0.15, 0.2) is 48.5 Å². The third-order valence-corrected chi connectivity index (χ3v) is 4.14. The maximum Gasteiger partial charge on any atom is 0.251 e. The Morgan fingerprint density at radius 1 is 1.04 bits per heavy atom. The van der Waals surface area contributed by atoms with Crippen LogP contribution in [0.2, 0.25) is 0 Å². The summed E-state index contributed by atoms with van der Waals surface area (Å²) in [5.41, 5.74) is 1.92. The van der Waals surface area contributed by atoms with Gasteiger partial charge in [-0.25, -0.2) is 0 Å².